The van der Waals surface area contributed by atoms with Crippen molar-refractivity contribution in [1.82, 2.24) is 9.61 Å². The van der Waals surface area contributed by atoms with E-state index in [-0.39, 0.29) is 0 Å². The number of hydrogen-bond acceptors (Lipinski definition) is 7. The number of carbonyl (C=O) groups is 1. The molecule has 0 unspecified atom stereocenters. The molecule has 168 valence electrons. The van der Waals surface area contributed by atoms with Crippen molar-refractivity contribution in [3.8, 4) is 22.8 Å². The third-order valence-corrected chi connectivity index (χ3v) is 6.30. The fourth-order valence-electron chi connectivity index (χ4n) is 3.49. The Morgan fingerprint density at radius 2 is 1.84 bits per heavy atom. The number of nitrogens with zero attached hydrogens (tertiary/aromatic N) is 3. The Bertz CT molecular complexity index is 1080. The van der Waals surface area contributed by atoms with Crippen LogP contribution >= 0.6 is 23.1 Å². The van der Waals surface area contributed by atoms with E-state index in [0.29, 0.717) is 28.8 Å². The number of aromatic nitrogens is 2. The highest BCUT2D eigenvalue weighted by molar-refractivity contribution is 7.98. The Morgan fingerprint density at radius 1 is 1.23 bits per heavy atom. The third-order valence-electron chi connectivity index (χ3n) is 4.71. The molecule has 3 aromatic rings. The van der Waals surface area contributed by atoms with Gasteiger partial charge in [-0.3, -0.25) is 4.90 Å². The number of ether oxygens (including phenoxy) is 3. The van der Waals surface area contributed by atoms with Gasteiger partial charge in [-0.15, -0.1) is 23.1 Å². The van der Waals surface area contributed by atoms with Crippen molar-refractivity contribution in [3.63, 3.8) is 0 Å². The maximum absolute atomic E-state index is 12.2. The summed E-state index contributed by atoms with van der Waals surface area (Å²) >= 11 is 2.84. The molecule has 2 aromatic heterocycles. The predicted octanol–water partition coefficient (Wildman–Crippen LogP) is 5.23. The van der Waals surface area contributed by atoms with Crippen molar-refractivity contribution in [2.24, 2.45) is 0 Å². The molecule has 8 nitrogen and oxygen atoms in total. The second kappa shape index (κ2) is 8.97. The molecule has 0 aliphatic rings. The maximum atomic E-state index is 12.2. The van der Waals surface area contributed by atoms with Crippen LogP contribution in [0.2, 0.25) is 0 Å². The number of thiazole rings is 1. The average Bonchev–Trinajstić information content (AvgIpc) is 3.26. The summed E-state index contributed by atoms with van der Waals surface area (Å²) in [6.45, 7) is 6.02. The Balaban J connectivity index is 2.30. The molecule has 0 atom stereocenters. The molecule has 2 heterocycles. The molecule has 1 N–H and O–H groups in total. The zero-order valence-corrected chi connectivity index (χ0v) is 20.3. The topological polar surface area (TPSA) is 85.5 Å². The summed E-state index contributed by atoms with van der Waals surface area (Å²) in [5.74, 6) is 1.25. The standard InChI is InChI=1S/C21H27N3O5S2/c1-21(2,3)23(20(25)26)17-18(30-7)22-24-13(11-31-19(17)24)16-14(28-5)8-12(10-27-4)9-15(16)29-6/h8-9,11H,10H2,1-7H3,(H,25,26). The first-order chi connectivity index (χ1) is 14.7. The van der Waals surface area contributed by atoms with Crippen molar-refractivity contribution in [2.45, 2.75) is 37.9 Å². The molecule has 1 aromatic carbocycles. The molecule has 0 radical (unpaired) electrons. The van der Waals surface area contributed by atoms with Crippen LogP contribution in [0.5, 0.6) is 11.5 Å². The number of carboxylic acid groups (broad SMARTS) is 1. The van der Waals surface area contributed by atoms with E-state index in [2.05, 4.69) is 0 Å². The van der Waals surface area contributed by atoms with Gasteiger partial charge in [0, 0.05) is 18.0 Å². The van der Waals surface area contributed by atoms with E-state index in [4.69, 9.17) is 19.3 Å². The van der Waals surface area contributed by atoms with Gasteiger partial charge >= 0.3 is 6.09 Å². The van der Waals surface area contributed by atoms with E-state index in [9.17, 15) is 9.90 Å². The lowest BCUT2D eigenvalue weighted by atomic mass is 10.1. The van der Waals surface area contributed by atoms with E-state index in [0.717, 1.165) is 21.7 Å². The Kier molecular flexibility index (Phi) is 6.73. The van der Waals surface area contributed by atoms with Crippen molar-refractivity contribution >= 4 is 39.7 Å². The third kappa shape index (κ3) is 4.19. The number of amides is 1. The zero-order valence-electron chi connectivity index (χ0n) is 18.7. The molecule has 10 heteroatoms. The van der Waals surface area contributed by atoms with E-state index < -0.39 is 11.6 Å². The molecular weight excluding hydrogens is 438 g/mol. The number of fused-ring (bicyclic) bond motifs is 1. The van der Waals surface area contributed by atoms with Crippen LogP contribution in [0, 0.1) is 0 Å². The van der Waals surface area contributed by atoms with Gasteiger partial charge in [0.2, 0.25) is 0 Å². The quantitative estimate of drug-likeness (QED) is 0.478. The van der Waals surface area contributed by atoms with Gasteiger partial charge in [0.25, 0.3) is 0 Å². The smallest absolute Gasteiger partial charge is 0.412 e. The molecule has 0 spiro atoms. The number of rotatable bonds is 7. The normalized spacial score (nSPS) is 11.7. The van der Waals surface area contributed by atoms with Crippen LogP contribution in [0.1, 0.15) is 26.3 Å². The number of anilines is 1. The van der Waals surface area contributed by atoms with Crippen molar-refractivity contribution in [3.05, 3.63) is 23.1 Å². The van der Waals surface area contributed by atoms with Crippen LogP contribution in [-0.2, 0) is 11.3 Å². The molecule has 0 saturated heterocycles. The van der Waals surface area contributed by atoms with E-state index >= 15 is 0 Å². The van der Waals surface area contributed by atoms with E-state index in [1.54, 1.807) is 25.8 Å². The summed E-state index contributed by atoms with van der Waals surface area (Å²) in [6.07, 6.45) is 0.866. The zero-order chi connectivity index (χ0) is 22.9. The van der Waals surface area contributed by atoms with Crippen molar-refractivity contribution in [2.75, 3.05) is 32.5 Å². The van der Waals surface area contributed by atoms with E-state index in [1.165, 1.54) is 28.0 Å². The number of benzene rings is 1. The first-order valence-corrected chi connectivity index (χ1v) is 11.6. The van der Waals surface area contributed by atoms with Crippen LogP contribution in [0.3, 0.4) is 0 Å². The lowest BCUT2D eigenvalue weighted by molar-refractivity contribution is 0.184. The second-order valence-corrected chi connectivity index (χ2v) is 9.45. The molecule has 3 rings (SSSR count). The summed E-state index contributed by atoms with van der Waals surface area (Å²) in [5, 5.41) is 17.3. The fourth-order valence-corrected chi connectivity index (χ4v) is 5.07. The highest BCUT2D eigenvalue weighted by Gasteiger charge is 2.34. The average molecular weight is 466 g/mol. The van der Waals surface area contributed by atoms with Gasteiger partial charge in [-0.1, -0.05) is 0 Å². The van der Waals surface area contributed by atoms with Gasteiger partial charge in [0.05, 0.1) is 32.1 Å². The van der Waals surface area contributed by atoms with Gasteiger partial charge in [0.15, 0.2) is 0 Å². The molecule has 31 heavy (non-hydrogen) atoms. The molecular formula is C21H27N3O5S2. The Labute approximate surface area is 189 Å². The lowest BCUT2D eigenvalue weighted by Crippen LogP contribution is -2.45. The summed E-state index contributed by atoms with van der Waals surface area (Å²) < 4.78 is 18.4. The SMILES string of the molecule is COCc1cc(OC)c(-c2csc3c(N(C(=O)O)C(C)(C)C)c(SC)nn23)c(OC)c1. The number of methoxy groups -OCH3 is 3. The highest BCUT2D eigenvalue weighted by atomic mass is 32.2. The van der Waals surface area contributed by atoms with Gasteiger partial charge < -0.3 is 19.3 Å². The van der Waals surface area contributed by atoms with Gasteiger partial charge in [-0.2, -0.15) is 5.10 Å². The largest absolute Gasteiger partial charge is 0.496 e. The summed E-state index contributed by atoms with van der Waals surface area (Å²) in [4.78, 5) is 14.3. The van der Waals surface area contributed by atoms with Crippen LogP contribution < -0.4 is 14.4 Å². The minimum Gasteiger partial charge on any atom is -0.496 e. The Hall–Kier alpha value is -2.43. The molecule has 0 fully saturated rings. The van der Waals surface area contributed by atoms with Crippen LogP contribution in [-0.4, -0.2) is 53.9 Å². The summed E-state index contributed by atoms with van der Waals surface area (Å²) in [7, 11) is 4.84. The molecule has 0 saturated carbocycles. The molecule has 1 amide bonds. The molecule has 0 aliphatic heterocycles. The maximum Gasteiger partial charge on any atom is 0.412 e. The summed E-state index contributed by atoms with van der Waals surface area (Å²) in [6, 6.07) is 3.81. The van der Waals surface area contributed by atoms with Crippen LogP contribution in [0.15, 0.2) is 22.5 Å². The van der Waals surface area contributed by atoms with Crippen LogP contribution in [0.4, 0.5) is 10.5 Å². The Morgan fingerprint density at radius 3 is 2.29 bits per heavy atom. The minimum atomic E-state index is -1.02. The van der Waals surface area contributed by atoms with Gasteiger partial charge in [-0.25, -0.2) is 9.31 Å². The number of thioether (sulfide) groups is 1. The molecule has 0 aliphatic carbocycles. The first-order valence-electron chi connectivity index (χ1n) is 9.49. The monoisotopic (exact) mass is 465 g/mol. The van der Waals surface area contributed by atoms with Gasteiger partial charge in [0.1, 0.15) is 27.0 Å². The first kappa shape index (κ1) is 23.2. The van der Waals surface area contributed by atoms with Crippen molar-refractivity contribution in [1.29, 1.82) is 0 Å². The predicted molar refractivity (Wildman–Crippen MR) is 124 cm³/mol. The van der Waals surface area contributed by atoms with Crippen LogP contribution in [0.25, 0.3) is 16.1 Å². The fraction of sp³-hybridized carbons (Fsp3) is 0.429. The highest BCUT2D eigenvalue weighted by Crippen LogP contribution is 2.45. The van der Waals surface area contributed by atoms with E-state index in [1.807, 2.05) is 44.5 Å². The summed E-state index contributed by atoms with van der Waals surface area (Å²) in [5.41, 5.74) is 2.37. The minimum absolute atomic E-state index is 0.424. The van der Waals surface area contributed by atoms with Crippen molar-refractivity contribution < 1.29 is 24.1 Å². The lowest BCUT2D eigenvalue weighted by Gasteiger charge is -2.32. The number of hydrogen-bond donors (Lipinski definition) is 1. The second-order valence-electron chi connectivity index (χ2n) is 7.79. The molecule has 0 bridgehead atoms. The van der Waals surface area contributed by atoms with Gasteiger partial charge in [-0.05, 0) is 44.7 Å².